The largest absolute Gasteiger partial charge is 0.476 e. The highest BCUT2D eigenvalue weighted by Crippen LogP contribution is 2.35. The summed E-state index contributed by atoms with van der Waals surface area (Å²) in [6.07, 6.45) is 2.98. The van der Waals surface area contributed by atoms with Gasteiger partial charge in [-0.1, -0.05) is 12.1 Å². The molecule has 7 nitrogen and oxygen atoms in total. The van der Waals surface area contributed by atoms with Gasteiger partial charge in [-0.3, -0.25) is 4.57 Å². The molecule has 0 aliphatic carbocycles. The first-order chi connectivity index (χ1) is 8.87. The monoisotopic (exact) mass is 282 g/mol. The van der Waals surface area contributed by atoms with E-state index in [1.54, 1.807) is 22.6 Å². The van der Waals surface area contributed by atoms with E-state index in [0.29, 0.717) is 11.3 Å². The molecule has 0 aromatic carbocycles. The van der Waals surface area contributed by atoms with E-state index in [2.05, 4.69) is 4.98 Å². The van der Waals surface area contributed by atoms with Gasteiger partial charge in [0.1, 0.15) is 5.65 Å². The highest BCUT2D eigenvalue weighted by Gasteiger charge is 2.10. The Hall–Kier alpha value is -1.95. The van der Waals surface area contributed by atoms with Crippen LogP contribution in [0.4, 0.5) is 0 Å². The molecule has 0 atom stereocenters. The first kappa shape index (κ1) is 13.5. The number of carbonyl (C=O) groups is 1. The average Bonchev–Trinajstić information content (AvgIpc) is 2.72. The molecule has 0 saturated heterocycles. The lowest BCUT2D eigenvalue weighted by Crippen LogP contribution is -1.95. The molecule has 0 aliphatic heterocycles. The minimum atomic E-state index is -4.17. The number of hydrogen-bond acceptors (Lipinski definition) is 3. The highest BCUT2D eigenvalue weighted by molar-refractivity contribution is 7.55. The summed E-state index contributed by atoms with van der Waals surface area (Å²) in [4.78, 5) is 32.2. The van der Waals surface area contributed by atoms with Crippen molar-refractivity contribution in [2.24, 2.45) is 0 Å². The molecule has 0 aliphatic rings. The third kappa shape index (κ3) is 3.29. The fraction of sp³-hybridized carbons (Fsp3) is 0.0909. The van der Waals surface area contributed by atoms with Gasteiger partial charge in [0.05, 0.1) is 0 Å². The standard InChI is InChI=1S/C11H11N2O5P/c14-11(15)9-7-13-8(3-1-5-10(13)12-9)4-2-6-19(16,17)18/h1-3,5-7H,4H2,(H,14,15)(H2,16,17,18). The van der Waals surface area contributed by atoms with Crippen molar-refractivity contribution in [2.75, 3.05) is 0 Å². The van der Waals surface area contributed by atoms with Crippen molar-refractivity contribution in [1.29, 1.82) is 0 Å². The molecule has 8 heteroatoms. The predicted molar refractivity (Wildman–Crippen MR) is 67.0 cm³/mol. The van der Waals surface area contributed by atoms with Crippen LogP contribution in [0.5, 0.6) is 0 Å². The molecule has 0 spiro atoms. The van der Waals surface area contributed by atoms with Crippen LogP contribution in [0.15, 0.2) is 36.3 Å². The molecule has 0 unspecified atom stereocenters. The van der Waals surface area contributed by atoms with Crippen LogP contribution in [-0.2, 0) is 11.0 Å². The normalized spacial score (nSPS) is 12.3. The summed E-state index contributed by atoms with van der Waals surface area (Å²) < 4.78 is 12.3. The van der Waals surface area contributed by atoms with E-state index in [0.717, 1.165) is 5.82 Å². The average molecular weight is 282 g/mol. The lowest BCUT2D eigenvalue weighted by molar-refractivity contribution is 0.0691. The topological polar surface area (TPSA) is 112 Å². The zero-order valence-corrected chi connectivity index (χ0v) is 10.6. The Morgan fingerprint density at radius 2 is 2.16 bits per heavy atom. The molecule has 2 heterocycles. The first-order valence-corrected chi connectivity index (χ1v) is 6.98. The summed E-state index contributed by atoms with van der Waals surface area (Å²) in [7, 11) is -4.17. The fourth-order valence-electron chi connectivity index (χ4n) is 1.65. The summed E-state index contributed by atoms with van der Waals surface area (Å²) in [5.41, 5.74) is 1.08. The highest BCUT2D eigenvalue weighted by atomic mass is 31.2. The number of fused-ring (bicyclic) bond motifs is 1. The van der Waals surface area contributed by atoms with E-state index >= 15 is 0 Å². The van der Waals surface area contributed by atoms with Crippen LogP contribution in [0.1, 0.15) is 16.2 Å². The lowest BCUT2D eigenvalue weighted by atomic mass is 10.2. The number of imidazole rings is 1. The minimum absolute atomic E-state index is 0.0774. The number of carboxylic acids is 1. The Morgan fingerprint density at radius 3 is 2.79 bits per heavy atom. The molecule has 100 valence electrons. The predicted octanol–water partition coefficient (Wildman–Crippen LogP) is 1.27. The van der Waals surface area contributed by atoms with E-state index in [-0.39, 0.29) is 12.1 Å². The zero-order valence-electron chi connectivity index (χ0n) is 9.67. The van der Waals surface area contributed by atoms with Crippen LogP contribution >= 0.6 is 7.60 Å². The second kappa shape index (κ2) is 4.97. The maximum atomic E-state index is 10.8. The maximum absolute atomic E-state index is 10.8. The molecular weight excluding hydrogens is 271 g/mol. The Labute approximate surface area is 108 Å². The Bertz CT molecular complexity index is 700. The molecule has 0 amide bonds. The molecule has 2 aromatic heterocycles. The van der Waals surface area contributed by atoms with E-state index in [1.807, 2.05) is 0 Å². The van der Waals surface area contributed by atoms with Crippen LogP contribution in [-0.4, -0.2) is 30.2 Å². The smallest absolute Gasteiger partial charge is 0.356 e. The SMILES string of the molecule is O=C(O)c1cn2c(CC=CP(=O)(O)O)cccc2n1. The molecular formula is C11H11N2O5P. The van der Waals surface area contributed by atoms with Gasteiger partial charge in [-0.25, -0.2) is 9.78 Å². The van der Waals surface area contributed by atoms with Crippen LogP contribution in [0.3, 0.4) is 0 Å². The molecule has 2 aromatic rings. The van der Waals surface area contributed by atoms with Gasteiger partial charge in [-0.05, 0) is 12.1 Å². The van der Waals surface area contributed by atoms with Crippen LogP contribution in [0, 0.1) is 0 Å². The Morgan fingerprint density at radius 1 is 1.42 bits per heavy atom. The van der Waals surface area contributed by atoms with Gasteiger partial charge < -0.3 is 19.3 Å². The quantitative estimate of drug-likeness (QED) is 0.728. The number of rotatable bonds is 4. The summed E-state index contributed by atoms with van der Waals surface area (Å²) in [6.45, 7) is 0. The van der Waals surface area contributed by atoms with Gasteiger partial charge in [0.25, 0.3) is 0 Å². The maximum Gasteiger partial charge on any atom is 0.356 e. The fourth-order valence-corrected chi connectivity index (χ4v) is 2.03. The van der Waals surface area contributed by atoms with Crippen molar-refractivity contribution < 1.29 is 24.3 Å². The van der Waals surface area contributed by atoms with Gasteiger partial charge >= 0.3 is 13.6 Å². The first-order valence-electron chi connectivity index (χ1n) is 5.30. The number of nitrogens with zero attached hydrogens (tertiary/aromatic N) is 2. The van der Waals surface area contributed by atoms with E-state index < -0.39 is 13.6 Å². The molecule has 0 fully saturated rings. The van der Waals surface area contributed by atoms with E-state index in [4.69, 9.17) is 14.9 Å². The van der Waals surface area contributed by atoms with E-state index in [1.165, 1.54) is 12.3 Å². The summed E-state index contributed by atoms with van der Waals surface area (Å²) in [5, 5.41) is 8.87. The second-order valence-electron chi connectivity index (χ2n) is 3.85. The molecule has 2 rings (SSSR count). The lowest BCUT2D eigenvalue weighted by Gasteiger charge is -2.01. The number of aromatic carboxylic acids is 1. The molecule has 0 bridgehead atoms. The van der Waals surface area contributed by atoms with Crippen molar-refractivity contribution in [3.63, 3.8) is 0 Å². The number of hydrogen-bond donors (Lipinski definition) is 3. The summed E-state index contributed by atoms with van der Waals surface area (Å²) in [6, 6.07) is 5.08. The Kier molecular flexibility index (Phi) is 3.53. The summed E-state index contributed by atoms with van der Waals surface area (Å²) in [5.74, 6) is -0.304. The molecule has 0 saturated carbocycles. The minimum Gasteiger partial charge on any atom is -0.476 e. The van der Waals surface area contributed by atoms with Crippen molar-refractivity contribution in [3.05, 3.63) is 47.7 Å². The van der Waals surface area contributed by atoms with Crippen molar-refractivity contribution >= 4 is 19.2 Å². The third-order valence-corrected chi connectivity index (χ3v) is 3.02. The Balaban J connectivity index is 2.36. The van der Waals surface area contributed by atoms with Crippen LogP contribution in [0.25, 0.3) is 5.65 Å². The van der Waals surface area contributed by atoms with Gasteiger partial charge in [-0.2, -0.15) is 0 Å². The van der Waals surface area contributed by atoms with Gasteiger partial charge in [-0.15, -0.1) is 0 Å². The number of carboxylic acid groups (broad SMARTS) is 1. The molecule has 0 radical (unpaired) electrons. The van der Waals surface area contributed by atoms with Gasteiger partial charge in [0, 0.05) is 24.1 Å². The zero-order chi connectivity index (χ0) is 14.0. The van der Waals surface area contributed by atoms with Crippen molar-refractivity contribution in [1.82, 2.24) is 9.38 Å². The summed E-state index contributed by atoms with van der Waals surface area (Å²) >= 11 is 0. The van der Waals surface area contributed by atoms with Crippen molar-refractivity contribution in [3.8, 4) is 0 Å². The third-order valence-electron chi connectivity index (χ3n) is 2.42. The number of aromatic nitrogens is 2. The second-order valence-corrected chi connectivity index (χ2v) is 5.33. The number of pyridine rings is 1. The molecule has 19 heavy (non-hydrogen) atoms. The van der Waals surface area contributed by atoms with Crippen LogP contribution in [0.2, 0.25) is 0 Å². The molecule has 3 N–H and O–H groups in total. The van der Waals surface area contributed by atoms with Gasteiger partial charge in [0.15, 0.2) is 5.69 Å². The number of allylic oxidation sites excluding steroid dienone is 1. The van der Waals surface area contributed by atoms with Gasteiger partial charge in [0.2, 0.25) is 0 Å². The van der Waals surface area contributed by atoms with Crippen LogP contribution < -0.4 is 0 Å². The van der Waals surface area contributed by atoms with E-state index in [9.17, 15) is 9.36 Å². The van der Waals surface area contributed by atoms with Crippen molar-refractivity contribution in [2.45, 2.75) is 6.42 Å².